The van der Waals surface area contributed by atoms with E-state index >= 15 is 0 Å². The van der Waals surface area contributed by atoms with Crippen LogP contribution < -0.4 is 4.74 Å². The van der Waals surface area contributed by atoms with Crippen LogP contribution in [0.15, 0.2) is 24.3 Å². The molecule has 1 fully saturated rings. The van der Waals surface area contributed by atoms with Crippen molar-refractivity contribution < 1.29 is 37.3 Å². The van der Waals surface area contributed by atoms with Crippen LogP contribution in [0.1, 0.15) is 23.2 Å². The van der Waals surface area contributed by atoms with Crippen molar-refractivity contribution in [3.8, 4) is 5.75 Å². The third-order valence-electron chi connectivity index (χ3n) is 3.53. The lowest BCUT2D eigenvalue weighted by atomic mass is 10.1. The third-order valence-corrected chi connectivity index (χ3v) is 3.53. The van der Waals surface area contributed by atoms with E-state index in [-0.39, 0.29) is 11.6 Å². The van der Waals surface area contributed by atoms with E-state index in [0.717, 1.165) is 12.1 Å². The Morgan fingerprint density at radius 2 is 1.79 bits per heavy atom. The number of hydrogen-bond donors (Lipinski definition) is 1. The zero-order chi connectivity index (χ0) is 17.7. The van der Waals surface area contributed by atoms with E-state index in [0.29, 0.717) is 26.1 Å². The Hall–Kier alpha value is -2.29. The van der Waals surface area contributed by atoms with Gasteiger partial charge in [0.05, 0.1) is 0 Å². The summed E-state index contributed by atoms with van der Waals surface area (Å²) in [6.45, 7) is 0.364. The number of aliphatic carboxylic acids is 1. The van der Waals surface area contributed by atoms with Crippen LogP contribution in [0, 0.1) is 0 Å². The van der Waals surface area contributed by atoms with Crippen LogP contribution in [0.2, 0.25) is 0 Å². The van der Waals surface area contributed by atoms with E-state index < -0.39 is 30.5 Å². The number of benzene rings is 1. The Kier molecular flexibility index (Phi) is 5.66. The Labute approximate surface area is 135 Å². The average Bonchev–Trinajstić information content (AvgIpc) is 2.52. The van der Waals surface area contributed by atoms with Gasteiger partial charge in [0.25, 0.3) is 5.91 Å². The molecule has 0 saturated carbocycles. The van der Waals surface area contributed by atoms with Gasteiger partial charge in [0.2, 0.25) is 0 Å². The standard InChI is InChI=1S/C15H16F3NO5/c16-15(17,18)24-12-3-1-10(2-4-12)14(22)19(9-13(20)21)11-5-7-23-8-6-11/h1-4,11H,5-9H2,(H,20,21). The first-order valence-corrected chi connectivity index (χ1v) is 7.22. The van der Waals surface area contributed by atoms with Crippen molar-refractivity contribution in [3.05, 3.63) is 29.8 Å². The molecule has 0 aliphatic carbocycles. The fourth-order valence-electron chi connectivity index (χ4n) is 2.47. The molecule has 2 rings (SSSR count). The number of carboxylic acid groups (broad SMARTS) is 1. The number of halogens is 3. The molecule has 9 heteroatoms. The van der Waals surface area contributed by atoms with Crippen LogP contribution in [0.25, 0.3) is 0 Å². The first-order chi connectivity index (χ1) is 11.3. The molecule has 0 spiro atoms. The van der Waals surface area contributed by atoms with Gasteiger partial charge in [-0.05, 0) is 37.1 Å². The molecular formula is C15H16F3NO5. The second-order valence-corrected chi connectivity index (χ2v) is 5.24. The predicted molar refractivity (Wildman–Crippen MR) is 75.6 cm³/mol. The van der Waals surface area contributed by atoms with E-state index in [1.165, 1.54) is 17.0 Å². The fraction of sp³-hybridized carbons (Fsp3) is 0.467. The second kappa shape index (κ2) is 7.52. The Balaban J connectivity index is 2.14. The SMILES string of the molecule is O=C(O)CN(C(=O)c1ccc(OC(F)(F)F)cc1)C1CCOCC1. The van der Waals surface area contributed by atoms with Crippen LogP contribution in [-0.4, -0.2) is 54.0 Å². The molecule has 6 nitrogen and oxygen atoms in total. The molecule has 0 radical (unpaired) electrons. The number of rotatable bonds is 5. The van der Waals surface area contributed by atoms with Gasteiger partial charge >= 0.3 is 12.3 Å². The molecule has 0 atom stereocenters. The highest BCUT2D eigenvalue weighted by molar-refractivity contribution is 5.96. The Bertz CT molecular complexity index is 582. The fourth-order valence-corrected chi connectivity index (χ4v) is 2.47. The maximum Gasteiger partial charge on any atom is 0.573 e. The van der Waals surface area contributed by atoms with E-state index in [4.69, 9.17) is 9.84 Å². The summed E-state index contributed by atoms with van der Waals surface area (Å²) in [6, 6.07) is 4.11. The minimum atomic E-state index is -4.82. The zero-order valence-electron chi connectivity index (χ0n) is 12.6. The van der Waals surface area contributed by atoms with Crippen molar-refractivity contribution >= 4 is 11.9 Å². The number of amides is 1. The summed E-state index contributed by atoms with van der Waals surface area (Å²) >= 11 is 0. The number of carbonyl (C=O) groups excluding carboxylic acids is 1. The molecule has 0 unspecified atom stereocenters. The minimum Gasteiger partial charge on any atom is -0.480 e. The second-order valence-electron chi connectivity index (χ2n) is 5.24. The lowest BCUT2D eigenvalue weighted by Gasteiger charge is -2.33. The zero-order valence-corrected chi connectivity index (χ0v) is 12.6. The molecule has 1 heterocycles. The normalized spacial score (nSPS) is 15.8. The average molecular weight is 347 g/mol. The molecule has 24 heavy (non-hydrogen) atoms. The predicted octanol–water partition coefficient (Wildman–Crippen LogP) is 2.29. The smallest absolute Gasteiger partial charge is 0.480 e. The van der Waals surface area contributed by atoms with E-state index in [1.807, 2.05) is 0 Å². The van der Waals surface area contributed by atoms with Gasteiger partial charge in [0.15, 0.2) is 0 Å². The largest absolute Gasteiger partial charge is 0.573 e. The number of nitrogens with zero attached hydrogens (tertiary/aromatic N) is 1. The van der Waals surface area contributed by atoms with Crippen LogP contribution in [-0.2, 0) is 9.53 Å². The van der Waals surface area contributed by atoms with Gasteiger partial charge in [-0.15, -0.1) is 13.2 Å². The van der Waals surface area contributed by atoms with Crippen LogP contribution in [0.4, 0.5) is 13.2 Å². The summed E-state index contributed by atoms with van der Waals surface area (Å²) < 4.78 is 45.4. The summed E-state index contributed by atoms with van der Waals surface area (Å²) in [4.78, 5) is 24.8. The number of ether oxygens (including phenoxy) is 2. The molecule has 1 aliphatic heterocycles. The highest BCUT2D eigenvalue weighted by atomic mass is 19.4. The van der Waals surface area contributed by atoms with Gasteiger partial charge in [-0.3, -0.25) is 9.59 Å². The van der Waals surface area contributed by atoms with Gasteiger partial charge in [-0.2, -0.15) is 0 Å². The topological polar surface area (TPSA) is 76.1 Å². The third kappa shape index (κ3) is 5.12. The van der Waals surface area contributed by atoms with Crippen molar-refractivity contribution in [2.75, 3.05) is 19.8 Å². The summed E-state index contributed by atoms with van der Waals surface area (Å²) in [5, 5.41) is 9.01. The van der Waals surface area contributed by atoms with Crippen molar-refractivity contribution in [2.45, 2.75) is 25.2 Å². The quantitative estimate of drug-likeness (QED) is 0.884. The minimum absolute atomic E-state index is 0.0947. The van der Waals surface area contributed by atoms with Gasteiger partial charge in [0, 0.05) is 24.8 Å². The first-order valence-electron chi connectivity index (χ1n) is 7.22. The van der Waals surface area contributed by atoms with Crippen LogP contribution in [0.5, 0.6) is 5.75 Å². The lowest BCUT2D eigenvalue weighted by Crippen LogP contribution is -2.46. The van der Waals surface area contributed by atoms with Gasteiger partial charge in [-0.25, -0.2) is 0 Å². The number of hydrogen-bond acceptors (Lipinski definition) is 4. The maximum absolute atomic E-state index is 12.5. The van der Waals surface area contributed by atoms with Gasteiger partial charge < -0.3 is 19.5 Å². The van der Waals surface area contributed by atoms with E-state index in [1.54, 1.807) is 0 Å². The van der Waals surface area contributed by atoms with Crippen molar-refractivity contribution in [2.24, 2.45) is 0 Å². The van der Waals surface area contributed by atoms with Crippen molar-refractivity contribution in [3.63, 3.8) is 0 Å². The van der Waals surface area contributed by atoms with Crippen LogP contribution in [0.3, 0.4) is 0 Å². The molecule has 0 aromatic heterocycles. The first kappa shape index (κ1) is 18.1. The lowest BCUT2D eigenvalue weighted by molar-refractivity contribution is -0.274. The van der Waals surface area contributed by atoms with E-state index in [9.17, 15) is 22.8 Å². The number of carboxylic acids is 1. The van der Waals surface area contributed by atoms with Crippen molar-refractivity contribution in [1.29, 1.82) is 0 Å². The highest BCUT2D eigenvalue weighted by Gasteiger charge is 2.32. The van der Waals surface area contributed by atoms with Crippen molar-refractivity contribution in [1.82, 2.24) is 4.90 Å². The number of carbonyl (C=O) groups is 2. The summed E-state index contributed by atoms with van der Waals surface area (Å²) in [5.74, 6) is -2.16. The molecule has 1 aliphatic rings. The summed E-state index contributed by atoms with van der Waals surface area (Å²) in [6.07, 6.45) is -3.80. The molecule has 0 bridgehead atoms. The molecular weight excluding hydrogens is 331 g/mol. The van der Waals surface area contributed by atoms with Gasteiger partial charge in [-0.1, -0.05) is 0 Å². The summed E-state index contributed by atoms with van der Waals surface area (Å²) in [7, 11) is 0. The molecule has 1 saturated heterocycles. The van der Waals surface area contributed by atoms with Gasteiger partial charge in [0.1, 0.15) is 12.3 Å². The Morgan fingerprint density at radius 3 is 2.29 bits per heavy atom. The number of alkyl halides is 3. The monoisotopic (exact) mass is 347 g/mol. The van der Waals surface area contributed by atoms with E-state index in [2.05, 4.69) is 4.74 Å². The molecule has 1 N–H and O–H groups in total. The maximum atomic E-state index is 12.5. The highest BCUT2D eigenvalue weighted by Crippen LogP contribution is 2.24. The molecule has 1 aromatic carbocycles. The molecule has 1 aromatic rings. The molecule has 1 amide bonds. The van der Waals surface area contributed by atoms with Crippen LogP contribution >= 0.6 is 0 Å². The summed E-state index contributed by atoms with van der Waals surface area (Å²) in [5.41, 5.74) is 0.0947. The molecule has 132 valence electrons. The Morgan fingerprint density at radius 1 is 1.21 bits per heavy atom.